The topological polar surface area (TPSA) is 83.0 Å². The third-order valence-corrected chi connectivity index (χ3v) is 6.14. The summed E-state index contributed by atoms with van der Waals surface area (Å²) in [4.78, 5) is 46.5. The Morgan fingerprint density at radius 1 is 1.17 bits per heavy atom. The van der Waals surface area contributed by atoms with E-state index in [4.69, 9.17) is 4.74 Å². The van der Waals surface area contributed by atoms with Crippen LogP contribution in [0.1, 0.15) is 26.7 Å². The van der Waals surface area contributed by atoms with E-state index in [2.05, 4.69) is 23.7 Å². The van der Waals surface area contributed by atoms with Crippen molar-refractivity contribution in [1.82, 2.24) is 14.8 Å². The summed E-state index contributed by atoms with van der Waals surface area (Å²) in [6.07, 6.45) is 0.346. The summed E-state index contributed by atoms with van der Waals surface area (Å²) in [5.41, 5.74) is 0.778. The number of likely N-dealkylation sites (tertiary alicyclic amines) is 1. The van der Waals surface area contributed by atoms with Crippen molar-refractivity contribution in [3.05, 3.63) is 18.2 Å². The number of amides is 3. The molecule has 0 saturated carbocycles. The molecule has 30 heavy (non-hydrogen) atoms. The Labute approximate surface area is 186 Å². The number of benzene rings is 1. The maximum atomic E-state index is 13.1. The number of ether oxygens (including phenoxy) is 1. The van der Waals surface area contributed by atoms with Crippen LogP contribution in [-0.2, 0) is 14.4 Å². The fourth-order valence-corrected chi connectivity index (χ4v) is 4.30. The number of nitrogens with zero attached hydrogens (tertiary/aromatic N) is 4. The molecular formula is C20H27ClN4O4S. The van der Waals surface area contributed by atoms with Crippen molar-refractivity contribution in [2.45, 2.75) is 26.7 Å². The lowest BCUT2D eigenvalue weighted by Gasteiger charge is -2.26. The van der Waals surface area contributed by atoms with Gasteiger partial charge in [-0.3, -0.25) is 24.2 Å². The van der Waals surface area contributed by atoms with Crippen molar-refractivity contribution in [2.75, 3.05) is 44.7 Å². The Bertz CT molecular complexity index is 899. The van der Waals surface area contributed by atoms with Crippen molar-refractivity contribution in [3.8, 4) is 5.75 Å². The average Bonchev–Trinajstić information content (AvgIpc) is 3.28. The molecule has 3 amide bonds. The molecule has 0 atom stereocenters. The van der Waals surface area contributed by atoms with Crippen LogP contribution in [0.4, 0.5) is 5.13 Å². The number of aromatic nitrogens is 1. The zero-order valence-corrected chi connectivity index (χ0v) is 19.1. The minimum Gasteiger partial charge on any atom is -0.497 e. The van der Waals surface area contributed by atoms with Crippen LogP contribution in [0.2, 0.25) is 0 Å². The number of methoxy groups -OCH3 is 1. The fraction of sp³-hybridized carbons (Fsp3) is 0.500. The summed E-state index contributed by atoms with van der Waals surface area (Å²) in [7, 11) is 1.60. The van der Waals surface area contributed by atoms with Crippen LogP contribution in [0, 0.1) is 0 Å². The average molecular weight is 455 g/mol. The third kappa shape index (κ3) is 5.27. The highest BCUT2D eigenvalue weighted by Crippen LogP contribution is 2.31. The zero-order valence-electron chi connectivity index (χ0n) is 17.4. The van der Waals surface area contributed by atoms with Gasteiger partial charge < -0.3 is 9.64 Å². The molecule has 0 spiro atoms. The number of likely N-dealkylation sites (N-methyl/N-ethyl adjacent to an activating group) is 1. The molecule has 3 rings (SSSR count). The highest BCUT2D eigenvalue weighted by Gasteiger charge is 2.32. The van der Waals surface area contributed by atoms with E-state index in [1.54, 1.807) is 12.0 Å². The van der Waals surface area contributed by atoms with Crippen molar-refractivity contribution in [2.24, 2.45) is 0 Å². The molecule has 1 saturated heterocycles. The van der Waals surface area contributed by atoms with E-state index in [1.807, 2.05) is 18.2 Å². The molecule has 0 N–H and O–H groups in total. The fourth-order valence-electron chi connectivity index (χ4n) is 3.26. The van der Waals surface area contributed by atoms with Gasteiger partial charge in [-0.05, 0) is 31.3 Å². The van der Waals surface area contributed by atoms with E-state index in [0.29, 0.717) is 18.2 Å². The Morgan fingerprint density at radius 2 is 1.83 bits per heavy atom. The molecule has 10 heteroatoms. The van der Waals surface area contributed by atoms with Gasteiger partial charge in [-0.15, -0.1) is 12.4 Å². The van der Waals surface area contributed by atoms with Crippen LogP contribution in [0.3, 0.4) is 0 Å². The maximum absolute atomic E-state index is 13.1. The summed E-state index contributed by atoms with van der Waals surface area (Å²) in [6, 6.07) is 5.57. The largest absolute Gasteiger partial charge is 0.497 e. The number of rotatable bonds is 9. The first-order valence-corrected chi connectivity index (χ1v) is 10.6. The van der Waals surface area contributed by atoms with Crippen molar-refractivity contribution in [1.29, 1.82) is 0 Å². The lowest BCUT2D eigenvalue weighted by molar-refractivity contribution is -0.141. The number of thiazole rings is 1. The molecule has 1 fully saturated rings. The number of carbonyl (C=O) groups excluding carboxylic acids is 3. The molecule has 0 bridgehead atoms. The molecular weight excluding hydrogens is 428 g/mol. The van der Waals surface area contributed by atoms with Crippen LogP contribution in [0.25, 0.3) is 10.2 Å². The first-order chi connectivity index (χ1) is 14.0. The maximum Gasteiger partial charge on any atom is 0.248 e. The number of hydrogen-bond acceptors (Lipinski definition) is 7. The smallest absolute Gasteiger partial charge is 0.248 e. The van der Waals surface area contributed by atoms with E-state index in [-0.39, 0.29) is 49.5 Å². The third-order valence-electron chi connectivity index (χ3n) is 5.10. The molecule has 1 aliphatic heterocycles. The van der Waals surface area contributed by atoms with E-state index < -0.39 is 0 Å². The molecule has 1 aromatic heterocycles. The Morgan fingerprint density at radius 3 is 2.43 bits per heavy atom. The number of fused-ring (bicyclic) bond motifs is 1. The number of imide groups is 1. The normalized spacial score (nSPS) is 13.8. The van der Waals surface area contributed by atoms with Gasteiger partial charge in [0.05, 0.1) is 17.3 Å². The zero-order chi connectivity index (χ0) is 21.0. The van der Waals surface area contributed by atoms with Gasteiger partial charge in [0.15, 0.2) is 5.13 Å². The second kappa shape index (κ2) is 10.7. The van der Waals surface area contributed by atoms with E-state index in [9.17, 15) is 14.4 Å². The van der Waals surface area contributed by atoms with Gasteiger partial charge >= 0.3 is 0 Å². The molecule has 0 radical (unpaired) electrons. The first-order valence-electron chi connectivity index (χ1n) is 9.77. The molecule has 0 unspecified atom stereocenters. The monoisotopic (exact) mass is 454 g/mol. The highest BCUT2D eigenvalue weighted by atomic mass is 35.5. The summed E-state index contributed by atoms with van der Waals surface area (Å²) >= 11 is 1.40. The molecule has 2 aromatic rings. The van der Waals surface area contributed by atoms with E-state index in [1.165, 1.54) is 11.3 Å². The number of anilines is 1. The van der Waals surface area contributed by atoms with E-state index in [0.717, 1.165) is 34.0 Å². The highest BCUT2D eigenvalue weighted by molar-refractivity contribution is 7.22. The number of hydrogen-bond donors (Lipinski definition) is 0. The number of carbonyl (C=O) groups is 3. The van der Waals surface area contributed by atoms with Crippen molar-refractivity contribution < 1.29 is 19.1 Å². The van der Waals surface area contributed by atoms with E-state index >= 15 is 0 Å². The van der Waals surface area contributed by atoms with Gasteiger partial charge in [-0.2, -0.15) is 0 Å². The summed E-state index contributed by atoms with van der Waals surface area (Å²) in [6.45, 7) is 6.77. The molecule has 0 aliphatic carbocycles. The van der Waals surface area contributed by atoms with Crippen molar-refractivity contribution >= 4 is 56.8 Å². The van der Waals surface area contributed by atoms with Gasteiger partial charge in [0.2, 0.25) is 17.7 Å². The van der Waals surface area contributed by atoms with Gasteiger partial charge in [0.1, 0.15) is 12.3 Å². The minimum absolute atomic E-state index is 0. The Kier molecular flexibility index (Phi) is 8.57. The summed E-state index contributed by atoms with van der Waals surface area (Å²) in [5, 5.41) is 0.560. The first kappa shape index (κ1) is 24.0. The Hall–Kier alpha value is -2.23. The quantitative estimate of drug-likeness (QED) is 0.541. The predicted molar refractivity (Wildman–Crippen MR) is 120 cm³/mol. The van der Waals surface area contributed by atoms with Gasteiger partial charge in [0, 0.05) is 25.9 Å². The molecule has 164 valence electrons. The predicted octanol–water partition coefficient (Wildman–Crippen LogP) is 2.55. The van der Waals surface area contributed by atoms with Crippen LogP contribution >= 0.6 is 23.7 Å². The molecule has 2 heterocycles. The second-order valence-electron chi connectivity index (χ2n) is 6.78. The Balaban J connectivity index is 0.00000320. The second-order valence-corrected chi connectivity index (χ2v) is 7.79. The molecule has 8 nitrogen and oxygen atoms in total. The van der Waals surface area contributed by atoms with Crippen LogP contribution in [-0.4, -0.2) is 72.3 Å². The standard InChI is InChI=1S/C20H26N4O4S.ClH/c1-4-22(5-2)10-11-23(19(27)13-24-17(25)8-9-18(24)26)20-21-15-7-6-14(28-3)12-16(15)29-20;/h6-7,12H,4-5,8-11,13H2,1-3H3;1H. The lowest BCUT2D eigenvalue weighted by Crippen LogP contribution is -2.45. The summed E-state index contributed by atoms with van der Waals surface area (Å²) < 4.78 is 6.18. The van der Waals surface area contributed by atoms with Gasteiger partial charge in [-0.25, -0.2) is 4.98 Å². The SMILES string of the molecule is CCN(CC)CCN(C(=O)CN1C(=O)CCC1=O)c1nc2ccc(OC)cc2s1.Cl. The number of halogens is 1. The van der Waals surface area contributed by atoms with Gasteiger partial charge in [-0.1, -0.05) is 25.2 Å². The van der Waals surface area contributed by atoms with Crippen molar-refractivity contribution in [3.63, 3.8) is 0 Å². The molecule has 1 aliphatic rings. The minimum atomic E-state index is -0.299. The van der Waals surface area contributed by atoms with Crippen LogP contribution in [0.5, 0.6) is 5.75 Å². The van der Waals surface area contributed by atoms with Gasteiger partial charge in [0.25, 0.3) is 0 Å². The van der Waals surface area contributed by atoms with Crippen LogP contribution < -0.4 is 9.64 Å². The molecule has 1 aromatic carbocycles. The van der Waals surface area contributed by atoms with Crippen LogP contribution in [0.15, 0.2) is 18.2 Å². The lowest BCUT2D eigenvalue weighted by atomic mass is 10.3. The summed E-state index contributed by atoms with van der Waals surface area (Å²) in [5.74, 6) is -0.157.